The van der Waals surface area contributed by atoms with Gasteiger partial charge in [0.1, 0.15) is 5.75 Å². The van der Waals surface area contributed by atoms with E-state index in [0.29, 0.717) is 30.6 Å². The number of hydrogen-bond donors (Lipinski definition) is 2. The first kappa shape index (κ1) is 25.2. The van der Waals surface area contributed by atoms with Gasteiger partial charge in [0.15, 0.2) is 0 Å². The van der Waals surface area contributed by atoms with Crippen molar-refractivity contribution < 1.29 is 53.7 Å². The number of rotatable bonds is 5. The van der Waals surface area contributed by atoms with Gasteiger partial charge in [0.25, 0.3) is 0 Å². The van der Waals surface area contributed by atoms with Gasteiger partial charge in [0, 0.05) is 25.0 Å². The van der Waals surface area contributed by atoms with E-state index in [2.05, 4.69) is 15.5 Å². The minimum absolute atomic E-state index is 0. The molecule has 0 saturated heterocycles. The summed E-state index contributed by atoms with van der Waals surface area (Å²) in [6.07, 6.45) is 1.95. The molecular formula is C24H25F3N3NaO2. The monoisotopic (exact) mass is 467 g/mol. The van der Waals surface area contributed by atoms with Crippen LogP contribution in [-0.2, 0) is 19.1 Å². The van der Waals surface area contributed by atoms with Crippen LogP contribution < -0.4 is 44.9 Å². The van der Waals surface area contributed by atoms with Crippen molar-refractivity contribution in [2.45, 2.75) is 31.6 Å². The summed E-state index contributed by atoms with van der Waals surface area (Å²) in [7, 11) is 1.63. The molecule has 1 aliphatic heterocycles. The molecule has 170 valence electrons. The predicted octanol–water partition coefficient (Wildman–Crippen LogP) is 2.03. The summed E-state index contributed by atoms with van der Waals surface area (Å²) in [4.78, 5) is 14.5. The molecule has 33 heavy (non-hydrogen) atoms. The van der Waals surface area contributed by atoms with Gasteiger partial charge in [-0.1, -0.05) is 24.3 Å². The number of hydrogen-bond acceptors (Lipinski definition) is 3. The first-order valence-electron chi connectivity index (χ1n) is 10.4. The second-order valence-electron chi connectivity index (χ2n) is 7.81. The molecular weight excluding hydrogens is 442 g/mol. The number of fused-ring (bicyclic) bond motifs is 1. The molecule has 0 radical (unpaired) electrons. The zero-order valence-corrected chi connectivity index (χ0v) is 20.6. The summed E-state index contributed by atoms with van der Waals surface area (Å²) < 4.78 is 44.8. The van der Waals surface area contributed by atoms with Crippen LogP contribution in [0.25, 0.3) is 0 Å². The number of benzene rings is 2. The second kappa shape index (κ2) is 10.7. The zero-order valence-electron chi connectivity index (χ0n) is 19.6. The quantitative estimate of drug-likeness (QED) is 0.662. The van der Waals surface area contributed by atoms with Crippen molar-refractivity contribution in [2.24, 2.45) is 0 Å². The Morgan fingerprint density at radius 1 is 1.21 bits per heavy atom. The van der Waals surface area contributed by atoms with Gasteiger partial charge in [-0.2, -0.15) is 13.2 Å². The Morgan fingerprint density at radius 2 is 1.97 bits per heavy atom. The molecule has 1 heterocycles. The SMILES string of the molecule is COc1ccc(CN2C=CC(NC(=O)NC3CCc4c3cccc4C(F)(F)F)=CC2)cc1.[H-].[Na+]. The van der Waals surface area contributed by atoms with E-state index >= 15 is 0 Å². The maximum Gasteiger partial charge on any atom is 1.00 e. The first-order valence-corrected chi connectivity index (χ1v) is 10.4. The van der Waals surface area contributed by atoms with E-state index in [1.54, 1.807) is 19.3 Å². The Hall–Kier alpha value is -2.42. The Kier molecular flexibility index (Phi) is 8.15. The van der Waals surface area contributed by atoms with Gasteiger partial charge in [0.05, 0.1) is 18.7 Å². The Bertz CT molecular complexity index is 1060. The van der Waals surface area contributed by atoms with Crippen LogP contribution in [0.3, 0.4) is 0 Å². The number of urea groups is 1. The van der Waals surface area contributed by atoms with Crippen molar-refractivity contribution in [3.63, 3.8) is 0 Å². The summed E-state index contributed by atoms with van der Waals surface area (Å²) >= 11 is 0. The third kappa shape index (κ3) is 6.13. The van der Waals surface area contributed by atoms with Crippen molar-refractivity contribution >= 4 is 6.03 Å². The molecule has 2 N–H and O–H groups in total. The van der Waals surface area contributed by atoms with E-state index in [9.17, 15) is 18.0 Å². The molecule has 2 amide bonds. The van der Waals surface area contributed by atoms with E-state index in [0.717, 1.165) is 23.9 Å². The number of amides is 2. The number of nitrogens with one attached hydrogen (secondary N) is 2. The third-order valence-corrected chi connectivity index (χ3v) is 5.69. The molecule has 0 aromatic heterocycles. The van der Waals surface area contributed by atoms with Crippen molar-refractivity contribution in [3.8, 4) is 5.75 Å². The van der Waals surface area contributed by atoms with Gasteiger partial charge in [-0.3, -0.25) is 0 Å². The molecule has 0 spiro atoms. The Labute approximate surface area is 214 Å². The Morgan fingerprint density at radius 3 is 2.61 bits per heavy atom. The number of halogens is 3. The number of carbonyl (C=O) groups is 1. The van der Waals surface area contributed by atoms with Gasteiger partial charge < -0.3 is 21.7 Å². The molecule has 0 saturated carbocycles. The number of nitrogens with zero attached hydrogens (tertiary/aromatic N) is 1. The van der Waals surface area contributed by atoms with E-state index < -0.39 is 23.8 Å². The normalized spacial score (nSPS) is 17.0. The number of carbonyl (C=O) groups excluding carboxylic acids is 1. The van der Waals surface area contributed by atoms with Crippen LogP contribution in [0.5, 0.6) is 5.75 Å². The molecule has 0 bridgehead atoms. The van der Waals surface area contributed by atoms with Crippen molar-refractivity contribution in [3.05, 3.63) is 88.8 Å². The van der Waals surface area contributed by atoms with Crippen LogP contribution >= 0.6 is 0 Å². The van der Waals surface area contributed by atoms with Crippen LogP contribution in [0.4, 0.5) is 18.0 Å². The van der Waals surface area contributed by atoms with E-state index in [1.807, 2.05) is 36.5 Å². The van der Waals surface area contributed by atoms with Gasteiger partial charge >= 0.3 is 41.8 Å². The summed E-state index contributed by atoms with van der Waals surface area (Å²) in [6, 6.07) is 11.1. The summed E-state index contributed by atoms with van der Waals surface area (Å²) in [5.74, 6) is 0.805. The number of ether oxygens (including phenoxy) is 1. The van der Waals surface area contributed by atoms with Gasteiger partial charge in [0.2, 0.25) is 0 Å². The van der Waals surface area contributed by atoms with E-state index in [4.69, 9.17) is 4.74 Å². The molecule has 1 unspecified atom stereocenters. The van der Waals surface area contributed by atoms with Crippen LogP contribution in [0.15, 0.2) is 66.5 Å². The summed E-state index contributed by atoms with van der Waals surface area (Å²) in [5.41, 5.74) is 1.98. The van der Waals surface area contributed by atoms with E-state index in [-0.39, 0.29) is 36.5 Å². The minimum Gasteiger partial charge on any atom is -1.00 e. The molecule has 1 aliphatic carbocycles. The summed E-state index contributed by atoms with van der Waals surface area (Å²) in [5, 5.41) is 5.59. The van der Waals surface area contributed by atoms with Crippen LogP contribution in [0.2, 0.25) is 0 Å². The minimum atomic E-state index is -4.39. The summed E-state index contributed by atoms with van der Waals surface area (Å²) in [6.45, 7) is 1.34. The largest absolute Gasteiger partial charge is 1.00 e. The maximum atomic E-state index is 13.2. The molecule has 9 heteroatoms. The van der Waals surface area contributed by atoms with Gasteiger partial charge in [-0.25, -0.2) is 4.79 Å². The van der Waals surface area contributed by atoms with Crippen LogP contribution in [0.1, 0.15) is 36.1 Å². The third-order valence-electron chi connectivity index (χ3n) is 5.69. The van der Waals surface area contributed by atoms with Gasteiger partial charge in [-0.05, 0) is 59.9 Å². The standard InChI is InChI=1S/C24H24F3N3O2.Na.H/c1-32-18-7-5-16(6-8-18)15-30-13-11-17(12-14-30)28-23(31)29-22-10-9-19-20(22)3-2-4-21(19)24(25,26)27;;/h2-8,11-13,22H,9-10,14-15H2,1H3,(H2,28,29,31);;/q;+1;-1. The predicted molar refractivity (Wildman–Crippen MR) is 116 cm³/mol. The van der Waals surface area contributed by atoms with Crippen molar-refractivity contribution in [1.29, 1.82) is 0 Å². The molecule has 1 atom stereocenters. The van der Waals surface area contributed by atoms with Crippen LogP contribution in [0, 0.1) is 0 Å². The maximum absolute atomic E-state index is 13.2. The molecule has 5 nitrogen and oxygen atoms in total. The molecule has 2 aromatic carbocycles. The van der Waals surface area contributed by atoms with E-state index in [1.165, 1.54) is 6.07 Å². The zero-order chi connectivity index (χ0) is 22.7. The smallest absolute Gasteiger partial charge is 1.00 e. The molecule has 2 aromatic rings. The number of methoxy groups -OCH3 is 1. The second-order valence-corrected chi connectivity index (χ2v) is 7.81. The molecule has 4 rings (SSSR count). The number of alkyl halides is 3. The van der Waals surface area contributed by atoms with Crippen LogP contribution in [-0.4, -0.2) is 24.6 Å². The number of allylic oxidation sites excluding steroid dienone is 1. The van der Waals surface area contributed by atoms with Crippen molar-refractivity contribution in [2.75, 3.05) is 13.7 Å². The average Bonchev–Trinajstić information content (AvgIpc) is 3.17. The fourth-order valence-corrected chi connectivity index (χ4v) is 4.10. The first-order chi connectivity index (χ1) is 15.3. The van der Waals surface area contributed by atoms with Crippen molar-refractivity contribution in [1.82, 2.24) is 15.5 Å². The molecule has 0 fully saturated rings. The fraction of sp³-hybridized carbons (Fsp3) is 0.292. The average molecular weight is 467 g/mol. The fourth-order valence-electron chi connectivity index (χ4n) is 4.10. The topological polar surface area (TPSA) is 53.6 Å². The molecule has 2 aliphatic rings. The van der Waals surface area contributed by atoms with Gasteiger partial charge in [-0.15, -0.1) is 0 Å². The Balaban J connectivity index is 0.00000204.